The summed E-state index contributed by atoms with van der Waals surface area (Å²) < 4.78 is 29.0. The molecule has 0 amide bonds. The van der Waals surface area contributed by atoms with Crippen LogP contribution in [-0.4, -0.2) is 16.6 Å². The van der Waals surface area contributed by atoms with Crippen LogP contribution >= 0.6 is 15.9 Å². The summed E-state index contributed by atoms with van der Waals surface area (Å²) in [5.74, 6) is 0.167. The lowest BCUT2D eigenvalue weighted by Crippen LogP contribution is -2.11. The first-order chi connectivity index (χ1) is 9.08. The number of ether oxygens (including phenoxy) is 1. The van der Waals surface area contributed by atoms with Gasteiger partial charge < -0.3 is 15.0 Å². The number of hydrogen-bond acceptors (Lipinski definition) is 4. The van der Waals surface area contributed by atoms with Crippen LogP contribution in [0.5, 0.6) is 5.75 Å². The molecule has 0 radical (unpaired) electrons. The number of anilines is 2. The van der Waals surface area contributed by atoms with Gasteiger partial charge in [0.25, 0.3) is 5.56 Å². The quantitative estimate of drug-likeness (QED) is 0.904. The van der Waals surface area contributed by atoms with Gasteiger partial charge in [-0.3, -0.25) is 4.79 Å². The van der Waals surface area contributed by atoms with Gasteiger partial charge in [0, 0.05) is 0 Å². The summed E-state index contributed by atoms with van der Waals surface area (Å²) in [6.07, 6.45) is 1.20. The number of alkyl halides is 2. The summed E-state index contributed by atoms with van der Waals surface area (Å²) in [5, 5.41) is 2.75. The maximum atomic E-state index is 12.3. The molecule has 1 aromatic carbocycles. The second-order valence-electron chi connectivity index (χ2n) is 3.39. The minimum atomic E-state index is -2.93. The van der Waals surface area contributed by atoms with Crippen LogP contribution in [0.25, 0.3) is 0 Å². The van der Waals surface area contributed by atoms with Crippen molar-refractivity contribution in [2.45, 2.75) is 6.61 Å². The number of H-pyrrole nitrogens is 1. The molecule has 0 atom stereocenters. The first-order valence-corrected chi connectivity index (χ1v) is 5.91. The van der Waals surface area contributed by atoms with E-state index in [1.807, 2.05) is 0 Å². The molecule has 2 aromatic rings. The Morgan fingerprint density at radius 2 is 2.11 bits per heavy atom. The Labute approximate surface area is 114 Å². The molecule has 0 bridgehead atoms. The monoisotopic (exact) mass is 331 g/mol. The third-order valence-electron chi connectivity index (χ3n) is 2.15. The van der Waals surface area contributed by atoms with E-state index in [1.54, 1.807) is 12.1 Å². The molecule has 0 fully saturated rings. The van der Waals surface area contributed by atoms with Crippen molar-refractivity contribution in [2.75, 3.05) is 5.32 Å². The normalized spacial score (nSPS) is 10.5. The van der Waals surface area contributed by atoms with Crippen molar-refractivity contribution < 1.29 is 13.5 Å². The molecule has 8 heteroatoms. The van der Waals surface area contributed by atoms with Crippen molar-refractivity contribution in [2.24, 2.45) is 0 Å². The minimum Gasteiger partial charge on any atom is -0.433 e. The van der Waals surface area contributed by atoms with Crippen LogP contribution in [0.4, 0.5) is 20.3 Å². The van der Waals surface area contributed by atoms with Crippen LogP contribution in [0.1, 0.15) is 0 Å². The molecule has 1 aromatic heterocycles. The van der Waals surface area contributed by atoms with E-state index in [0.717, 1.165) is 0 Å². The number of rotatable bonds is 4. The van der Waals surface area contributed by atoms with Gasteiger partial charge in [-0.25, -0.2) is 4.98 Å². The molecular weight excluding hydrogens is 324 g/mol. The predicted molar refractivity (Wildman–Crippen MR) is 68.9 cm³/mol. The molecule has 100 valence electrons. The molecule has 0 unspecified atom stereocenters. The van der Waals surface area contributed by atoms with Crippen LogP contribution in [0.2, 0.25) is 0 Å². The van der Waals surface area contributed by atoms with Crippen LogP contribution in [0.3, 0.4) is 0 Å². The highest BCUT2D eigenvalue weighted by molar-refractivity contribution is 9.10. The highest BCUT2D eigenvalue weighted by Crippen LogP contribution is 2.29. The third-order valence-corrected chi connectivity index (χ3v) is 2.89. The summed E-state index contributed by atoms with van der Waals surface area (Å²) in [4.78, 5) is 17.6. The molecule has 0 saturated heterocycles. The zero-order valence-corrected chi connectivity index (χ0v) is 10.9. The van der Waals surface area contributed by atoms with E-state index >= 15 is 0 Å². The summed E-state index contributed by atoms with van der Waals surface area (Å²) in [6.45, 7) is -2.93. The van der Waals surface area contributed by atoms with E-state index in [-0.39, 0.29) is 27.3 Å². The van der Waals surface area contributed by atoms with E-state index in [4.69, 9.17) is 0 Å². The fourth-order valence-electron chi connectivity index (χ4n) is 1.37. The maximum Gasteiger partial charge on any atom is 0.387 e. The summed E-state index contributed by atoms with van der Waals surface area (Å²) in [6, 6.07) is 6.12. The number of benzene rings is 1. The lowest BCUT2D eigenvalue weighted by atomic mass is 10.3. The number of para-hydroxylation sites is 2. The van der Waals surface area contributed by atoms with Crippen LogP contribution in [-0.2, 0) is 0 Å². The molecule has 2 rings (SSSR count). The number of nitrogens with zero attached hydrogens (tertiary/aromatic N) is 1. The standard InChI is InChI=1S/C11H8BrF2N3O2/c12-8-9(15-5-16-10(8)18)17-6-3-1-2-4-7(6)19-11(13)14/h1-5,11H,(H2,15,16,17,18). The average molecular weight is 332 g/mol. The van der Waals surface area contributed by atoms with Gasteiger partial charge in [0.05, 0.1) is 12.0 Å². The maximum absolute atomic E-state index is 12.3. The first-order valence-electron chi connectivity index (χ1n) is 5.12. The van der Waals surface area contributed by atoms with Crippen LogP contribution in [0, 0.1) is 0 Å². The van der Waals surface area contributed by atoms with Crippen molar-refractivity contribution in [1.82, 2.24) is 9.97 Å². The fraction of sp³-hybridized carbons (Fsp3) is 0.0909. The minimum absolute atomic E-state index is 0.0357. The molecule has 2 N–H and O–H groups in total. The molecule has 0 aliphatic rings. The van der Waals surface area contributed by atoms with Gasteiger partial charge in [-0.05, 0) is 28.1 Å². The molecule has 0 aliphatic heterocycles. The van der Waals surface area contributed by atoms with Gasteiger partial charge in [0.15, 0.2) is 5.82 Å². The van der Waals surface area contributed by atoms with Crippen molar-refractivity contribution in [3.05, 3.63) is 45.4 Å². The second-order valence-corrected chi connectivity index (χ2v) is 4.19. The molecule has 0 spiro atoms. The van der Waals surface area contributed by atoms with Crippen LogP contribution < -0.4 is 15.6 Å². The number of hydrogen-bond donors (Lipinski definition) is 2. The fourth-order valence-corrected chi connectivity index (χ4v) is 1.68. The third kappa shape index (κ3) is 3.28. The Hall–Kier alpha value is -1.96. The lowest BCUT2D eigenvalue weighted by Gasteiger charge is -2.12. The van der Waals surface area contributed by atoms with E-state index in [1.165, 1.54) is 18.5 Å². The Bertz CT molecular complexity index is 633. The Kier molecular flexibility index (Phi) is 4.10. The Morgan fingerprint density at radius 3 is 2.84 bits per heavy atom. The summed E-state index contributed by atoms with van der Waals surface area (Å²) in [5.41, 5.74) is -0.105. The molecule has 5 nitrogen and oxygen atoms in total. The second kappa shape index (κ2) is 5.79. The van der Waals surface area contributed by atoms with Gasteiger partial charge in [0.1, 0.15) is 10.2 Å². The molecule has 19 heavy (non-hydrogen) atoms. The van der Waals surface area contributed by atoms with E-state index in [0.29, 0.717) is 0 Å². The van der Waals surface area contributed by atoms with Gasteiger partial charge in [-0.1, -0.05) is 12.1 Å². The smallest absolute Gasteiger partial charge is 0.387 e. The highest BCUT2D eigenvalue weighted by atomic mass is 79.9. The number of nitrogens with one attached hydrogen (secondary N) is 2. The van der Waals surface area contributed by atoms with Gasteiger partial charge in [0.2, 0.25) is 0 Å². The largest absolute Gasteiger partial charge is 0.433 e. The number of aromatic nitrogens is 2. The predicted octanol–water partition coefficient (Wildman–Crippen LogP) is 2.88. The number of aromatic amines is 1. The van der Waals surface area contributed by atoms with E-state index in [9.17, 15) is 13.6 Å². The van der Waals surface area contributed by atoms with Crippen molar-refractivity contribution >= 4 is 27.4 Å². The van der Waals surface area contributed by atoms with Gasteiger partial charge >= 0.3 is 6.61 Å². The van der Waals surface area contributed by atoms with Crippen molar-refractivity contribution in [3.8, 4) is 5.75 Å². The zero-order chi connectivity index (χ0) is 13.8. The molecule has 0 saturated carbocycles. The highest BCUT2D eigenvalue weighted by Gasteiger charge is 2.11. The summed E-state index contributed by atoms with van der Waals surface area (Å²) >= 11 is 3.06. The molecule has 0 aliphatic carbocycles. The zero-order valence-electron chi connectivity index (χ0n) is 9.36. The topological polar surface area (TPSA) is 67.0 Å². The van der Waals surface area contributed by atoms with Gasteiger partial charge in [-0.2, -0.15) is 8.78 Å². The van der Waals surface area contributed by atoms with Crippen molar-refractivity contribution in [3.63, 3.8) is 0 Å². The van der Waals surface area contributed by atoms with E-state index in [2.05, 4.69) is 36.0 Å². The van der Waals surface area contributed by atoms with Crippen molar-refractivity contribution in [1.29, 1.82) is 0 Å². The molecule has 1 heterocycles. The van der Waals surface area contributed by atoms with Gasteiger partial charge in [-0.15, -0.1) is 0 Å². The Balaban J connectivity index is 2.33. The first kappa shape index (κ1) is 13.5. The summed E-state index contributed by atoms with van der Waals surface area (Å²) in [7, 11) is 0. The molecular formula is C11H8BrF2N3O2. The SMILES string of the molecule is O=c1[nH]cnc(Nc2ccccc2OC(F)F)c1Br. The number of halogens is 3. The average Bonchev–Trinajstić information content (AvgIpc) is 2.36. The Morgan fingerprint density at radius 1 is 1.37 bits per heavy atom. The van der Waals surface area contributed by atoms with Crippen LogP contribution in [0.15, 0.2) is 39.9 Å². The lowest BCUT2D eigenvalue weighted by molar-refractivity contribution is -0.0493. The van der Waals surface area contributed by atoms with E-state index < -0.39 is 6.61 Å².